The van der Waals surface area contributed by atoms with Gasteiger partial charge in [0.05, 0.1) is 32.0 Å². The zero-order chi connectivity index (χ0) is 47.5. The Balaban J connectivity index is 2.61. The van der Waals surface area contributed by atoms with Gasteiger partial charge < -0.3 is 39.5 Å². The van der Waals surface area contributed by atoms with Crippen LogP contribution in [0.5, 0.6) is 0 Å². The molecular weight excluding hydrogens is 870 g/mol. The second-order valence-electron chi connectivity index (χ2n) is 15.7. The van der Waals surface area contributed by atoms with Gasteiger partial charge in [0.25, 0.3) is 0 Å². The average Bonchev–Trinajstić information content (AvgIpc) is 3.51. The first-order chi connectivity index (χ1) is 30.6. The molecule has 1 aliphatic carbocycles. The van der Waals surface area contributed by atoms with Crippen molar-refractivity contribution in [1.82, 2.24) is 0 Å². The van der Waals surface area contributed by atoms with Gasteiger partial charge in [0, 0.05) is 31.1 Å². The Bertz CT molecular complexity index is 1570. The van der Waals surface area contributed by atoms with E-state index in [0.29, 0.717) is 38.5 Å². The molecular formula is C46H76O16P2. The van der Waals surface area contributed by atoms with Gasteiger partial charge in [-0.1, -0.05) is 119 Å². The van der Waals surface area contributed by atoms with Crippen LogP contribution in [-0.2, 0) is 46.6 Å². The number of aliphatic hydroxyl groups is 3. The minimum atomic E-state index is -4.91. The Morgan fingerprint density at radius 2 is 1.22 bits per heavy atom. The number of aliphatic hydroxyl groups excluding tert-OH is 3. The van der Waals surface area contributed by atoms with Crippen molar-refractivity contribution in [1.29, 1.82) is 0 Å². The maximum Gasteiger partial charge on any atom is 0.472 e. The van der Waals surface area contributed by atoms with E-state index < -0.39 is 90.3 Å². The number of phosphoric acid groups is 2. The quantitative estimate of drug-likeness (QED) is 0.0147. The standard InChI is InChI=1S/C46H76O16P2/c1-3-5-7-8-9-10-11-12-13-14-15-16-17-18-19-20-26-30-46(52)62-40(37-61-64(56,57)60-35-39(48)34-59-63(53,54)55)36-58-45(51)29-25-22-21-24-28-41-42(44(50)33-43(41)49)32-31-38(47)27-23-6-4-2/h9-10,12-13,15-16,18-19,21,24,31-32,38-42,44,47-48,50H,3-8,11,14,17,20,22-23,25-30,33-37H2,1-2H3,(H,56,57)(H2,53,54,55)/b10-9-,13-12-,16-15-,19-18-,24-21-,32-31+/t38-,39-,40+,41+,42+,44+/m0/s1. The summed E-state index contributed by atoms with van der Waals surface area (Å²) in [5.74, 6) is -2.15. The van der Waals surface area contributed by atoms with Crippen molar-refractivity contribution in [3.63, 3.8) is 0 Å². The molecule has 0 amide bonds. The fourth-order valence-corrected chi connectivity index (χ4v) is 7.53. The van der Waals surface area contributed by atoms with Gasteiger partial charge in [0.2, 0.25) is 0 Å². The highest BCUT2D eigenvalue weighted by molar-refractivity contribution is 7.47. The van der Waals surface area contributed by atoms with Crippen LogP contribution < -0.4 is 0 Å². The van der Waals surface area contributed by atoms with Gasteiger partial charge in [0.1, 0.15) is 18.5 Å². The number of hydrogen-bond acceptors (Lipinski definition) is 13. The molecule has 64 heavy (non-hydrogen) atoms. The van der Waals surface area contributed by atoms with Gasteiger partial charge in [0.15, 0.2) is 6.10 Å². The second-order valence-corrected chi connectivity index (χ2v) is 18.4. The van der Waals surface area contributed by atoms with Crippen LogP contribution >= 0.6 is 15.6 Å². The fourth-order valence-electron chi connectivity index (χ4n) is 6.38. The third-order valence-electron chi connectivity index (χ3n) is 9.93. The minimum Gasteiger partial charge on any atom is -0.462 e. The van der Waals surface area contributed by atoms with Crippen LogP contribution in [0.4, 0.5) is 0 Å². The van der Waals surface area contributed by atoms with Crippen LogP contribution in [0.1, 0.15) is 136 Å². The van der Waals surface area contributed by atoms with E-state index in [-0.39, 0.29) is 25.0 Å². The van der Waals surface area contributed by atoms with Crippen LogP contribution in [0.15, 0.2) is 72.9 Å². The summed E-state index contributed by atoms with van der Waals surface area (Å²) in [5, 5.41) is 30.5. The molecule has 0 aliphatic heterocycles. The smallest absolute Gasteiger partial charge is 0.462 e. The van der Waals surface area contributed by atoms with Crippen LogP contribution in [-0.4, -0.2) is 98.6 Å². The molecule has 1 rings (SSSR count). The molecule has 0 aromatic heterocycles. The maximum atomic E-state index is 12.7. The number of ketones is 1. The van der Waals surface area contributed by atoms with Crippen LogP contribution in [0, 0.1) is 11.8 Å². The minimum absolute atomic E-state index is 0.00267. The van der Waals surface area contributed by atoms with E-state index in [1.807, 2.05) is 24.3 Å². The highest BCUT2D eigenvalue weighted by atomic mass is 31.2. The number of allylic oxidation sites excluding steroid dienone is 10. The highest BCUT2D eigenvalue weighted by Gasteiger charge is 2.39. The molecule has 0 saturated heterocycles. The number of unbranched alkanes of at least 4 members (excludes halogenated alkanes) is 7. The van der Waals surface area contributed by atoms with Crippen molar-refractivity contribution in [2.75, 3.05) is 26.4 Å². The molecule has 0 aromatic carbocycles. The Hall–Kier alpha value is -2.85. The molecule has 6 N–H and O–H groups in total. The Morgan fingerprint density at radius 1 is 0.688 bits per heavy atom. The molecule has 0 heterocycles. The summed E-state index contributed by atoms with van der Waals surface area (Å²) in [7, 11) is -9.80. The average molecular weight is 947 g/mol. The third-order valence-corrected chi connectivity index (χ3v) is 11.4. The van der Waals surface area contributed by atoms with Gasteiger partial charge in [-0.25, -0.2) is 9.13 Å². The van der Waals surface area contributed by atoms with Gasteiger partial charge in [-0.05, 0) is 70.6 Å². The topological polar surface area (TPSA) is 253 Å². The van der Waals surface area contributed by atoms with Crippen molar-refractivity contribution in [3.8, 4) is 0 Å². The van der Waals surface area contributed by atoms with Crippen molar-refractivity contribution in [2.45, 2.75) is 160 Å². The zero-order valence-electron chi connectivity index (χ0n) is 37.8. The van der Waals surface area contributed by atoms with E-state index in [1.165, 1.54) is 19.3 Å². The van der Waals surface area contributed by atoms with Gasteiger partial charge in [-0.2, -0.15) is 0 Å². The van der Waals surface area contributed by atoms with E-state index in [9.17, 15) is 43.7 Å². The maximum absolute atomic E-state index is 12.7. The lowest BCUT2D eigenvalue weighted by Gasteiger charge is -2.20. The summed E-state index contributed by atoms with van der Waals surface area (Å²) >= 11 is 0. The highest BCUT2D eigenvalue weighted by Crippen LogP contribution is 2.44. The number of hydrogen-bond donors (Lipinski definition) is 6. The van der Waals surface area contributed by atoms with Crippen molar-refractivity contribution in [3.05, 3.63) is 72.9 Å². The van der Waals surface area contributed by atoms with Crippen LogP contribution in [0.2, 0.25) is 0 Å². The molecule has 16 nitrogen and oxygen atoms in total. The first-order valence-electron chi connectivity index (χ1n) is 22.7. The molecule has 0 spiro atoms. The fraction of sp³-hybridized carbons (Fsp3) is 0.674. The molecule has 7 atom stereocenters. The Labute approximate surface area is 380 Å². The molecule has 1 fully saturated rings. The summed E-state index contributed by atoms with van der Waals surface area (Å²) in [6.45, 7) is 1.25. The monoisotopic (exact) mass is 946 g/mol. The Kier molecular flexibility index (Phi) is 33.6. The molecule has 0 aromatic rings. The Morgan fingerprint density at radius 3 is 1.83 bits per heavy atom. The number of carbonyl (C=O) groups is 3. The summed E-state index contributed by atoms with van der Waals surface area (Å²) < 4.78 is 47.7. The summed E-state index contributed by atoms with van der Waals surface area (Å²) in [5.41, 5.74) is 0. The van der Waals surface area contributed by atoms with Crippen molar-refractivity contribution < 1.29 is 76.6 Å². The molecule has 0 bridgehead atoms. The molecule has 366 valence electrons. The van der Waals surface area contributed by atoms with Crippen molar-refractivity contribution in [2.24, 2.45) is 11.8 Å². The van der Waals surface area contributed by atoms with Crippen LogP contribution in [0.3, 0.4) is 0 Å². The van der Waals surface area contributed by atoms with Crippen LogP contribution in [0.25, 0.3) is 0 Å². The predicted octanol–water partition coefficient (Wildman–Crippen LogP) is 8.37. The number of ether oxygens (including phenoxy) is 2. The van der Waals surface area contributed by atoms with Gasteiger partial charge in [-0.15, -0.1) is 0 Å². The lowest BCUT2D eigenvalue weighted by Crippen LogP contribution is -2.29. The van der Waals surface area contributed by atoms with E-state index in [0.717, 1.165) is 44.9 Å². The number of phosphoric ester groups is 2. The SMILES string of the molecule is CCCCC/C=C\C/C=C\C/C=C\C/C=C\CCCC(=O)O[C@H](COC(=O)CCC/C=C\C[C@H]1C(=O)C[C@@H](O)[C@@H]1/C=C/[C@@H](O)CCCCC)COP(=O)(O)OC[C@@H](O)COP(=O)(O)O. The number of Topliss-reactive ketones (excluding diaryl/α,β-unsaturated/α-hetero) is 1. The lowest BCUT2D eigenvalue weighted by atomic mass is 9.90. The lowest BCUT2D eigenvalue weighted by molar-refractivity contribution is -0.161. The van der Waals surface area contributed by atoms with Gasteiger partial charge in [-0.3, -0.25) is 28.0 Å². The number of rotatable bonds is 38. The zero-order valence-corrected chi connectivity index (χ0v) is 39.6. The largest absolute Gasteiger partial charge is 0.472 e. The predicted molar refractivity (Wildman–Crippen MR) is 244 cm³/mol. The molecule has 1 unspecified atom stereocenters. The van der Waals surface area contributed by atoms with Gasteiger partial charge >= 0.3 is 27.6 Å². The molecule has 1 saturated carbocycles. The van der Waals surface area contributed by atoms with E-state index in [2.05, 4.69) is 59.4 Å². The number of esters is 2. The van der Waals surface area contributed by atoms with Crippen molar-refractivity contribution >= 4 is 33.4 Å². The summed E-state index contributed by atoms with van der Waals surface area (Å²) in [6, 6.07) is 0. The number of carbonyl (C=O) groups excluding carboxylic acids is 3. The summed E-state index contributed by atoms with van der Waals surface area (Å²) in [6.07, 6.45) is 32.7. The second kappa shape index (κ2) is 36.3. The molecule has 0 radical (unpaired) electrons. The summed E-state index contributed by atoms with van der Waals surface area (Å²) in [4.78, 5) is 65.5. The first-order valence-corrected chi connectivity index (χ1v) is 25.8. The molecule has 1 aliphatic rings. The van der Waals surface area contributed by atoms with E-state index in [1.54, 1.807) is 12.2 Å². The van der Waals surface area contributed by atoms with E-state index >= 15 is 0 Å². The van der Waals surface area contributed by atoms with E-state index in [4.69, 9.17) is 23.8 Å². The first kappa shape index (κ1) is 59.2. The third kappa shape index (κ3) is 32.7. The molecule has 18 heteroatoms. The normalized spacial score (nSPS) is 19.8.